The van der Waals surface area contributed by atoms with Crippen molar-refractivity contribution in [1.82, 2.24) is 0 Å². The maximum atomic E-state index is 7.41. The molecule has 0 atom stereocenters. The Morgan fingerprint density at radius 3 is 2.38 bits per heavy atom. The van der Waals surface area contributed by atoms with Gasteiger partial charge in [0.1, 0.15) is 5.17 Å². The molecule has 0 aliphatic carbocycles. The van der Waals surface area contributed by atoms with Gasteiger partial charge in [-0.05, 0) is 37.0 Å². The van der Waals surface area contributed by atoms with Crippen molar-refractivity contribution in [3.8, 4) is 0 Å². The van der Waals surface area contributed by atoms with Crippen LogP contribution in [0.5, 0.6) is 0 Å². The van der Waals surface area contributed by atoms with Gasteiger partial charge in [-0.1, -0.05) is 41.9 Å². The molecule has 84 valence electrons. The zero-order valence-electron chi connectivity index (χ0n) is 9.26. The third kappa shape index (κ3) is 4.41. The van der Waals surface area contributed by atoms with Crippen LogP contribution >= 0.6 is 11.6 Å². The Morgan fingerprint density at radius 2 is 1.88 bits per heavy atom. The van der Waals surface area contributed by atoms with Gasteiger partial charge in [0.15, 0.2) is 0 Å². The Hall–Kier alpha value is -1.41. The van der Waals surface area contributed by atoms with E-state index in [0.29, 0.717) is 12.1 Å². The SMILES string of the molecule is CC(=N)/C=C(/CCc1ccccc1)C(=N)Cl. The number of aryl methyl sites for hydroxylation is 1. The van der Waals surface area contributed by atoms with Gasteiger partial charge in [-0.25, -0.2) is 0 Å². The van der Waals surface area contributed by atoms with Crippen LogP contribution in [0.2, 0.25) is 0 Å². The van der Waals surface area contributed by atoms with E-state index in [4.69, 9.17) is 22.4 Å². The molecule has 1 aromatic carbocycles. The molecule has 0 aliphatic heterocycles. The minimum absolute atomic E-state index is 0.0301. The highest BCUT2D eigenvalue weighted by atomic mass is 35.5. The summed E-state index contributed by atoms with van der Waals surface area (Å²) < 4.78 is 0. The first-order valence-electron chi connectivity index (χ1n) is 5.13. The van der Waals surface area contributed by atoms with E-state index in [2.05, 4.69) is 0 Å². The highest BCUT2D eigenvalue weighted by molar-refractivity contribution is 6.68. The molecule has 0 aliphatic rings. The zero-order chi connectivity index (χ0) is 12.0. The van der Waals surface area contributed by atoms with Crippen LogP contribution in [0.4, 0.5) is 0 Å². The second-order valence-electron chi connectivity index (χ2n) is 3.65. The average Bonchev–Trinajstić information content (AvgIpc) is 2.25. The molecule has 16 heavy (non-hydrogen) atoms. The topological polar surface area (TPSA) is 47.7 Å². The summed E-state index contributed by atoms with van der Waals surface area (Å²) in [6, 6.07) is 10.1. The van der Waals surface area contributed by atoms with Gasteiger partial charge in [-0.3, -0.25) is 5.41 Å². The van der Waals surface area contributed by atoms with Gasteiger partial charge >= 0.3 is 0 Å². The van der Waals surface area contributed by atoms with Crippen molar-refractivity contribution < 1.29 is 0 Å². The fourth-order valence-corrected chi connectivity index (χ4v) is 1.58. The molecule has 0 amide bonds. The van der Waals surface area contributed by atoms with Crippen LogP contribution in [0.15, 0.2) is 42.0 Å². The van der Waals surface area contributed by atoms with Crippen molar-refractivity contribution in [2.45, 2.75) is 19.8 Å². The number of hydrogen-bond acceptors (Lipinski definition) is 2. The molecule has 0 saturated heterocycles. The Morgan fingerprint density at radius 1 is 1.25 bits per heavy atom. The summed E-state index contributed by atoms with van der Waals surface area (Å²) in [5.74, 6) is 0. The van der Waals surface area contributed by atoms with E-state index in [-0.39, 0.29) is 5.17 Å². The van der Waals surface area contributed by atoms with Gasteiger partial charge in [-0.2, -0.15) is 0 Å². The molecular formula is C13H15ClN2. The predicted octanol–water partition coefficient (Wildman–Crippen LogP) is 3.80. The molecule has 3 heteroatoms. The van der Waals surface area contributed by atoms with E-state index in [9.17, 15) is 0 Å². The van der Waals surface area contributed by atoms with Gasteiger partial charge in [-0.15, -0.1) is 0 Å². The van der Waals surface area contributed by atoms with E-state index in [0.717, 1.165) is 12.0 Å². The van der Waals surface area contributed by atoms with E-state index in [1.807, 2.05) is 30.3 Å². The summed E-state index contributed by atoms with van der Waals surface area (Å²) >= 11 is 5.67. The average molecular weight is 235 g/mol. The van der Waals surface area contributed by atoms with Crippen molar-refractivity contribution in [2.75, 3.05) is 0 Å². The third-order valence-electron chi connectivity index (χ3n) is 2.20. The summed E-state index contributed by atoms with van der Waals surface area (Å²) in [5, 5.41) is 14.8. The quantitative estimate of drug-likeness (QED) is 0.728. The van der Waals surface area contributed by atoms with E-state index in [1.165, 1.54) is 5.56 Å². The highest BCUT2D eigenvalue weighted by Gasteiger charge is 2.03. The number of halogens is 1. The number of benzene rings is 1. The van der Waals surface area contributed by atoms with Crippen LogP contribution < -0.4 is 0 Å². The Labute approximate surface area is 101 Å². The number of allylic oxidation sites excluding steroid dienone is 2. The van der Waals surface area contributed by atoms with Crippen LogP contribution in [0.3, 0.4) is 0 Å². The molecule has 2 nitrogen and oxygen atoms in total. The molecular weight excluding hydrogens is 220 g/mol. The summed E-state index contributed by atoms with van der Waals surface area (Å²) in [5.41, 5.74) is 2.36. The Bertz CT molecular complexity index is 407. The molecule has 0 saturated carbocycles. The highest BCUT2D eigenvalue weighted by Crippen LogP contribution is 2.12. The minimum atomic E-state index is 0.0301. The zero-order valence-corrected chi connectivity index (χ0v) is 10.0. The molecule has 0 heterocycles. The molecule has 2 N–H and O–H groups in total. The van der Waals surface area contributed by atoms with Crippen molar-refractivity contribution in [3.63, 3.8) is 0 Å². The van der Waals surface area contributed by atoms with Gasteiger partial charge in [0, 0.05) is 5.71 Å². The Balaban J connectivity index is 2.65. The molecule has 0 aromatic heterocycles. The normalized spacial score (nSPS) is 11.2. The summed E-state index contributed by atoms with van der Waals surface area (Å²) in [7, 11) is 0. The lowest BCUT2D eigenvalue weighted by Crippen LogP contribution is -1.98. The standard InChI is InChI=1S/C13H15ClN2/c1-10(15)9-12(13(14)16)8-7-11-5-3-2-4-6-11/h2-6,9,15-16H,7-8H2,1H3/b12-9-,15-10?,16-13?. The van der Waals surface area contributed by atoms with Crippen LogP contribution in [0.1, 0.15) is 18.9 Å². The first kappa shape index (κ1) is 12.7. The van der Waals surface area contributed by atoms with Crippen LogP contribution in [-0.4, -0.2) is 10.9 Å². The van der Waals surface area contributed by atoms with Crippen molar-refractivity contribution in [2.24, 2.45) is 0 Å². The molecule has 0 radical (unpaired) electrons. The molecule has 0 bridgehead atoms. The summed E-state index contributed by atoms with van der Waals surface area (Å²) in [4.78, 5) is 0. The van der Waals surface area contributed by atoms with Crippen LogP contribution in [0, 0.1) is 10.8 Å². The van der Waals surface area contributed by atoms with E-state index < -0.39 is 0 Å². The second kappa shape index (κ2) is 6.23. The molecule has 1 rings (SSSR count). The van der Waals surface area contributed by atoms with E-state index >= 15 is 0 Å². The van der Waals surface area contributed by atoms with Crippen LogP contribution in [-0.2, 0) is 6.42 Å². The molecule has 0 fully saturated rings. The first-order valence-corrected chi connectivity index (χ1v) is 5.51. The van der Waals surface area contributed by atoms with Crippen molar-refractivity contribution >= 4 is 22.5 Å². The minimum Gasteiger partial charge on any atom is -0.306 e. The maximum Gasteiger partial charge on any atom is 0.124 e. The van der Waals surface area contributed by atoms with Gasteiger partial charge in [0.2, 0.25) is 0 Å². The smallest absolute Gasteiger partial charge is 0.124 e. The van der Waals surface area contributed by atoms with Gasteiger partial charge in [0.05, 0.1) is 0 Å². The van der Waals surface area contributed by atoms with Gasteiger partial charge < -0.3 is 5.41 Å². The summed E-state index contributed by atoms with van der Waals surface area (Å²) in [6.07, 6.45) is 3.19. The summed E-state index contributed by atoms with van der Waals surface area (Å²) in [6.45, 7) is 1.68. The molecule has 0 unspecified atom stereocenters. The first-order chi connectivity index (χ1) is 7.59. The number of rotatable bonds is 5. The fourth-order valence-electron chi connectivity index (χ4n) is 1.43. The largest absolute Gasteiger partial charge is 0.306 e. The maximum absolute atomic E-state index is 7.41. The fraction of sp³-hybridized carbons (Fsp3) is 0.231. The molecule has 0 spiro atoms. The lowest BCUT2D eigenvalue weighted by Gasteiger charge is -2.04. The Kier molecular flexibility index (Phi) is 4.93. The predicted molar refractivity (Wildman–Crippen MR) is 69.8 cm³/mol. The van der Waals surface area contributed by atoms with Crippen molar-refractivity contribution in [1.29, 1.82) is 10.8 Å². The number of hydrogen-bond donors (Lipinski definition) is 2. The lowest BCUT2D eigenvalue weighted by atomic mass is 10.0. The van der Waals surface area contributed by atoms with Crippen molar-refractivity contribution in [3.05, 3.63) is 47.5 Å². The lowest BCUT2D eigenvalue weighted by molar-refractivity contribution is 0.977. The van der Waals surface area contributed by atoms with E-state index in [1.54, 1.807) is 13.0 Å². The van der Waals surface area contributed by atoms with Crippen LogP contribution in [0.25, 0.3) is 0 Å². The molecule has 1 aromatic rings. The third-order valence-corrected chi connectivity index (χ3v) is 2.44. The number of nitrogens with one attached hydrogen (secondary N) is 2. The second-order valence-corrected chi connectivity index (χ2v) is 4.03. The van der Waals surface area contributed by atoms with Gasteiger partial charge in [0.25, 0.3) is 0 Å². The monoisotopic (exact) mass is 234 g/mol.